The number of hydrogen-bond acceptors (Lipinski definition) is 1. The number of nitrogens with zero attached hydrogens (tertiary/aromatic N) is 1. The van der Waals surface area contributed by atoms with Crippen LogP contribution in [-0.4, -0.2) is 9.98 Å². The van der Waals surface area contributed by atoms with E-state index in [1.807, 2.05) is 0 Å². The Bertz CT molecular complexity index is 298. The van der Waals surface area contributed by atoms with E-state index in [4.69, 9.17) is 0 Å². The third-order valence-electron chi connectivity index (χ3n) is 2.87. The topological polar surface area (TPSA) is 3.24 Å². The van der Waals surface area contributed by atoms with Gasteiger partial charge in [0, 0.05) is 5.54 Å². The fourth-order valence-electron chi connectivity index (χ4n) is 1.78. The molecule has 0 amide bonds. The Morgan fingerprint density at radius 2 is 0.941 bits per heavy atom. The van der Waals surface area contributed by atoms with Gasteiger partial charge in [-0.1, -0.05) is 41.5 Å². The lowest BCUT2D eigenvalue weighted by Crippen LogP contribution is -2.27. The maximum absolute atomic E-state index is 2.66. The van der Waals surface area contributed by atoms with Gasteiger partial charge >= 0.3 is 0 Å². The minimum Gasteiger partial charge on any atom is -0.253 e. The zero-order chi connectivity index (χ0) is 13.6. The van der Waals surface area contributed by atoms with Crippen LogP contribution < -0.4 is 0 Å². The van der Waals surface area contributed by atoms with Gasteiger partial charge < -0.3 is 0 Å². The predicted molar refractivity (Wildman–Crippen MR) is 84.2 cm³/mol. The van der Waals surface area contributed by atoms with Crippen molar-refractivity contribution < 1.29 is 0 Å². The van der Waals surface area contributed by atoms with Crippen LogP contribution in [-0.2, 0) is 0 Å². The van der Waals surface area contributed by atoms with Gasteiger partial charge in [0.2, 0.25) is 0 Å². The summed E-state index contributed by atoms with van der Waals surface area (Å²) >= 11 is 0. The molecule has 0 saturated heterocycles. The van der Waals surface area contributed by atoms with Crippen LogP contribution in [0.5, 0.6) is 0 Å². The molecule has 0 aromatic rings. The van der Waals surface area contributed by atoms with Gasteiger partial charge in [0.1, 0.15) is 0 Å². The van der Waals surface area contributed by atoms with Gasteiger partial charge in [0.05, 0.1) is 0 Å². The second kappa shape index (κ2) is 4.59. The molecule has 0 bridgehead atoms. The van der Waals surface area contributed by atoms with E-state index in [0.29, 0.717) is 16.4 Å². The Hall–Kier alpha value is 0.560. The highest BCUT2D eigenvalue weighted by Gasteiger charge is 2.38. The normalized spacial score (nSPS) is 23.1. The highest BCUT2D eigenvalue weighted by atomic mass is 31.1. The van der Waals surface area contributed by atoms with E-state index in [2.05, 4.69) is 66.8 Å². The van der Waals surface area contributed by atoms with E-state index in [1.165, 1.54) is 0 Å². The van der Waals surface area contributed by atoms with Crippen LogP contribution in [0.3, 0.4) is 0 Å². The molecular weight excluding hydrogens is 244 g/mol. The molecule has 0 radical (unpaired) electrons. The average molecular weight is 273 g/mol. The van der Waals surface area contributed by atoms with E-state index in [-0.39, 0.29) is 0 Å². The van der Waals surface area contributed by atoms with Gasteiger partial charge in [-0.25, -0.2) is 0 Å². The first-order chi connectivity index (χ1) is 7.33. The standard InChI is InChI=1S/C14H29NP2/c1-12(2,3)10-11(13(4,5)6)17-15(16-10)14(7,8)9/h16-17H,1-9H3. The van der Waals surface area contributed by atoms with E-state index < -0.39 is 0 Å². The van der Waals surface area contributed by atoms with Gasteiger partial charge in [0.15, 0.2) is 0 Å². The second-order valence-corrected chi connectivity index (χ2v) is 10.8. The molecule has 2 atom stereocenters. The molecule has 1 nitrogen and oxygen atoms in total. The number of allylic oxidation sites excluding steroid dienone is 2. The van der Waals surface area contributed by atoms with Gasteiger partial charge in [-0.3, -0.25) is 4.44 Å². The molecule has 0 spiro atoms. The van der Waals surface area contributed by atoms with Crippen molar-refractivity contribution in [1.82, 2.24) is 4.44 Å². The maximum Gasteiger partial charge on any atom is 0.0202 e. The maximum atomic E-state index is 2.66. The zero-order valence-electron chi connectivity index (χ0n) is 12.9. The Labute approximate surface area is 111 Å². The summed E-state index contributed by atoms with van der Waals surface area (Å²) in [5.74, 6) is 0. The van der Waals surface area contributed by atoms with Gasteiger partial charge in [-0.15, -0.1) is 0 Å². The van der Waals surface area contributed by atoms with Crippen LogP contribution in [0.15, 0.2) is 10.6 Å². The fraction of sp³-hybridized carbons (Fsp3) is 0.857. The Morgan fingerprint density at radius 3 is 1.12 bits per heavy atom. The Morgan fingerprint density at radius 1 is 0.647 bits per heavy atom. The van der Waals surface area contributed by atoms with E-state index in [9.17, 15) is 0 Å². The summed E-state index contributed by atoms with van der Waals surface area (Å²) in [5, 5.41) is 3.39. The summed E-state index contributed by atoms with van der Waals surface area (Å²) in [6.07, 6.45) is 0. The molecule has 1 heterocycles. The Balaban J connectivity index is 3.10. The minimum absolute atomic E-state index is 0.292. The van der Waals surface area contributed by atoms with Crippen molar-refractivity contribution in [3.05, 3.63) is 10.6 Å². The number of hydrogen-bond donors (Lipinski definition) is 0. The molecule has 17 heavy (non-hydrogen) atoms. The third kappa shape index (κ3) is 3.76. The van der Waals surface area contributed by atoms with Crippen LogP contribution in [0.2, 0.25) is 0 Å². The monoisotopic (exact) mass is 273 g/mol. The van der Waals surface area contributed by atoms with E-state index in [0.717, 1.165) is 17.5 Å². The molecule has 0 aromatic carbocycles. The minimum atomic E-state index is 0.292. The summed E-state index contributed by atoms with van der Waals surface area (Å²) in [6.45, 7) is 21.1. The van der Waals surface area contributed by atoms with E-state index in [1.54, 1.807) is 10.6 Å². The lowest BCUT2D eigenvalue weighted by Gasteiger charge is -2.33. The summed E-state index contributed by atoms with van der Waals surface area (Å²) < 4.78 is 2.66. The van der Waals surface area contributed by atoms with Crippen LogP contribution >= 0.6 is 17.5 Å². The lowest BCUT2D eigenvalue weighted by molar-refractivity contribution is 0.403. The van der Waals surface area contributed by atoms with Crippen molar-refractivity contribution in [1.29, 1.82) is 0 Å². The summed E-state index contributed by atoms with van der Waals surface area (Å²) in [7, 11) is 1.75. The van der Waals surface area contributed by atoms with Crippen LogP contribution in [0.1, 0.15) is 62.3 Å². The predicted octanol–water partition coefficient (Wildman–Crippen LogP) is 5.59. The highest BCUT2D eigenvalue weighted by Crippen LogP contribution is 2.65. The molecule has 1 aliphatic rings. The first-order valence-corrected chi connectivity index (χ1v) is 8.32. The van der Waals surface area contributed by atoms with Gasteiger partial charge in [-0.2, -0.15) is 0 Å². The van der Waals surface area contributed by atoms with Crippen molar-refractivity contribution in [2.24, 2.45) is 10.8 Å². The van der Waals surface area contributed by atoms with Gasteiger partial charge in [-0.05, 0) is 59.7 Å². The highest BCUT2D eigenvalue weighted by molar-refractivity contribution is 7.60. The lowest BCUT2D eigenvalue weighted by atomic mass is 9.88. The smallest absolute Gasteiger partial charge is 0.0202 e. The largest absolute Gasteiger partial charge is 0.253 e. The summed E-state index contributed by atoms with van der Waals surface area (Å²) in [5.41, 5.74) is 0.919. The second-order valence-electron chi connectivity index (χ2n) is 7.98. The summed E-state index contributed by atoms with van der Waals surface area (Å²) in [6, 6.07) is 0. The van der Waals surface area contributed by atoms with E-state index >= 15 is 0 Å². The molecule has 3 heteroatoms. The third-order valence-corrected chi connectivity index (χ3v) is 8.02. The van der Waals surface area contributed by atoms with Crippen molar-refractivity contribution in [2.45, 2.75) is 67.9 Å². The molecule has 100 valence electrons. The molecular formula is C14H29NP2. The first-order valence-electron chi connectivity index (χ1n) is 6.42. The molecule has 0 fully saturated rings. The molecule has 0 N–H and O–H groups in total. The number of rotatable bonds is 0. The van der Waals surface area contributed by atoms with Crippen molar-refractivity contribution in [3.8, 4) is 0 Å². The van der Waals surface area contributed by atoms with Crippen LogP contribution in [0.4, 0.5) is 0 Å². The van der Waals surface area contributed by atoms with Crippen molar-refractivity contribution in [3.63, 3.8) is 0 Å². The quantitative estimate of drug-likeness (QED) is 0.520. The van der Waals surface area contributed by atoms with Crippen molar-refractivity contribution >= 4 is 17.5 Å². The molecule has 1 aliphatic heterocycles. The van der Waals surface area contributed by atoms with Crippen LogP contribution in [0, 0.1) is 10.8 Å². The molecule has 0 aromatic heterocycles. The summed E-state index contributed by atoms with van der Waals surface area (Å²) in [4.78, 5) is 0. The molecule has 0 saturated carbocycles. The molecule has 1 rings (SSSR count). The van der Waals surface area contributed by atoms with Gasteiger partial charge in [0.25, 0.3) is 0 Å². The molecule has 2 unspecified atom stereocenters. The SMILES string of the molecule is CC(C)(C)C1=C(C(C)(C)C)PN(C(C)(C)C)P1. The van der Waals surface area contributed by atoms with Crippen molar-refractivity contribution in [2.75, 3.05) is 0 Å². The van der Waals surface area contributed by atoms with Crippen LogP contribution in [0.25, 0.3) is 0 Å². The average Bonchev–Trinajstić information content (AvgIpc) is 2.42. The first kappa shape index (κ1) is 15.6. The Kier molecular flexibility index (Phi) is 4.22. The fourth-order valence-corrected chi connectivity index (χ4v) is 5.78. The zero-order valence-corrected chi connectivity index (χ0v) is 14.9. The molecule has 0 aliphatic carbocycles.